The highest BCUT2D eigenvalue weighted by molar-refractivity contribution is 7.99. The third-order valence-electron chi connectivity index (χ3n) is 5.33. The molecule has 0 saturated carbocycles. The Labute approximate surface area is 190 Å². The number of thiophene rings is 3. The van der Waals surface area contributed by atoms with Gasteiger partial charge >= 0.3 is 0 Å². The molecular formula is C21H19N3O2S4. The second kappa shape index (κ2) is 8.30. The number of amides is 1. The number of hydrogen-bond acceptors (Lipinski definition) is 7. The number of rotatable bonds is 5. The molecule has 0 aliphatic carbocycles. The Hall–Kier alpha value is -1.94. The van der Waals surface area contributed by atoms with E-state index < -0.39 is 0 Å². The number of hydrogen-bond donors (Lipinski definition) is 0. The lowest BCUT2D eigenvalue weighted by molar-refractivity contribution is -0.129. The Bertz CT molecular complexity index is 1240. The van der Waals surface area contributed by atoms with Gasteiger partial charge in [-0.3, -0.25) is 14.2 Å². The maximum Gasteiger partial charge on any atom is 0.263 e. The van der Waals surface area contributed by atoms with Crippen molar-refractivity contribution in [3.63, 3.8) is 0 Å². The second-order valence-corrected chi connectivity index (χ2v) is 10.8. The minimum Gasteiger partial charge on any atom is -0.334 e. The number of aromatic nitrogens is 2. The van der Waals surface area contributed by atoms with Crippen molar-refractivity contribution in [2.45, 2.75) is 24.0 Å². The largest absolute Gasteiger partial charge is 0.334 e. The summed E-state index contributed by atoms with van der Waals surface area (Å²) >= 11 is 6.16. The highest BCUT2D eigenvalue weighted by Crippen LogP contribution is 2.36. The lowest BCUT2D eigenvalue weighted by atomic mass is 10.2. The number of nitrogens with zero attached hydrogens (tertiary/aromatic N) is 3. The maximum atomic E-state index is 13.1. The van der Waals surface area contributed by atoms with Gasteiger partial charge in [0.05, 0.1) is 17.2 Å². The zero-order valence-corrected chi connectivity index (χ0v) is 19.5. The highest BCUT2D eigenvalue weighted by atomic mass is 32.2. The molecule has 0 N–H and O–H groups in total. The van der Waals surface area contributed by atoms with Crippen LogP contribution in [0.3, 0.4) is 0 Å². The third kappa shape index (κ3) is 3.53. The maximum absolute atomic E-state index is 13.1. The van der Waals surface area contributed by atoms with Crippen LogP contribution in [0.25, 0.3) is 20.7 Å². The molecule has 30 heavy (non-hydrogen) atoms. The van der Waals surface area contributed by atoms with Gasteiger partial charge in [0.2, 0.25) is 5.91 Å². The number of carbonyl (C=O) groups excluding carboxylic acids is 1. The van der Waals surface area contributed by atoms with Crippen LogP contribution in [-0.4, -0.2) is 32.7 Å². The fourth-order valence-electron chi connectivity index (χ4n) is 3.85. The van der Waals surface area contributed by atoms with E-state index in [1.807, 2.05) is 33.9 Å². The van der Waals surface area contributed by atoms with Gasteiger partial charge in [0.25, 0.3) is 5.56 Å². The first kappa shape index (κ1) is 20.0. The van der Waals surface area contributed by atoms with E-state index in [0.717, 1.165) is 34.7 Å². The van der Waals surface area contributed by atoms with Gasteiger partial charge in [-0.1, -0.05) is 23.9 Å². The molecule has 0 radical (unpaired) electrons. The average Bonchev–Trinajstić information content (AvgIpc) is 3.55. The first-order valence-corrected chi connectivity index (χ1v) is 13.2. The SMILES string of the molecule is Cn1c(SCC(=O)N2CCCC2c2cccs2)nc2scc(-c3cccs3)c2c1=O. The van der Waals surface area contributed by atoms with Gasteiger partial charge in [-0.05, 0) is 35.7 Å². The van der Waals surface area contributed by atoms with Crippen molar-refractivity contribution >= 4 is 61.9 Å². The summed E-state index contributed by atoms with van der Waals surface area (Å²) in [6.45, 7) is 0.794. The van der Waals surface area contributed by atoms with Crippen molar-refractivity contribution in [2.75, 3.05) is 12.3 Å². The standard InChI is InChI=1S/C21H19N3O2S4/c1-23-20(26)18-13(15-6-3-9-27-15)11-29-19(18)22-21(23)30-12-17(25)24-8-2-5-14(24)16-7-4-10-28-16/h3-4,6-7,9-11,14H,2,5,8,12H2,1H3. The fourth-order valence-corrected chi connectivity index (χ4v) is 7.38. The minimum atomic E-state index is -0.0581. The van der Waals surface area contributed by atoms with Gasteiger partial charge in [0.15, 0.2) is 5.16 Å². The zero-order valence-electron chi connectivity index (χ0n) is 16.2. The van der Waals surface area contributed by atoms with Crippen molar-refractivity contribution < 1.29 is 4.79 Å². The Morgan fingerprint density at radius 2 is 2.07 bits per heavy atom. The van der Waals surface area contributed by atoms with E-state index in [1.54, 1.807) is 34.3 Å². The van der Waals surface area contributed by atoms with E-state index >= 15 is 0 Å². The summed E-state index contributed by atoms with van der Waals surface area (Å²) in [5.74, 6) is 0.396. The van der Waals surface area contributed by atoms with Gasteiger partial charge < -0.3 is 4.90 Å². The summed E-state index contributed by atoms with van der Waals surface area (Å²) in [6.07, 6.45) is 2.04. The molecule has 154 valence electrons. The molecule has 5 heterocycles. The molecule has 1 amide bonds. The van der Waals surface area contributed by atoms with Crippen LogP contribution in [0.5, 0.6) is 0 Å². The first-order chi connectivity index (χ1) is 14.6. The quantitative estimate of drug-likeness (QED) is 0.294. The predicted molar refractivity (Wildman–Crippen MR) is 127 cm³/mol. The summed E-state index contributed by atoms with van der Waals surface area (Å²) in [7, 11) is 1.74. The van der Waals surface area contributed by atoms with E-state index in [9.17, 15) is 9.59 Å². The molecule has 1 saturated heterocycles. The molecule has 1 atom stereocenters. The highest BCUT2D eigenvalue weighted by Gasteiger charge is 2.30. The molecule has 0 bridgehead atoms. The fraction of sp³-hybridized carbons (Fsp3) is 0.286. The van der Waals surface area contributed by atoms with Crippen LogP contribution in [0.4, 0.5) is 0 Å². The van der Waals surface area contributed by atoms with E-state index in [0.29, 0.717) is 10.5 Å². The van der Waals surface area contributed by atoms with Crippen LogP contribution in [0.1, 0.15) is 23.8 Å². The summed E-state index contributed by atoms with van der Waals surface area (Å²) in [6, 6.07) is 8.33. The Kier molecular flexibility index (Phi) is 5.53. The molecule has 4 aromatic rings. The van der Waals surface area contributed by atoms with Crippen molar-refractivity contribution in [1.82, 2.24) is 14.5 Å². The monoisotopic (exact) mass is 473 g/mol. The molecule has 9 heteroatoms. The Morgan fingerprint density at radius 3 is 2.83 bits per heavy atom. The zero-order chi connectivity index (χ0) is 20.7. The van der Waals surface area contributed by atoms with Crippen molar-refractivity contribution in [3.8, 4) is 10.4 Å². The van der Waals surface area contributed by atoms with Gasteiger partial charge in [-0.15, -0.1) is 34.0 Å². The molecule has 1 aliphatic rings. The van der Waals surface area contributed by atoms with E-state index in [4.69, 9.17) is 4.98 Å². The normalized spacial score (nSPS) is 16.6. The van der Waals surface area contributed by atoms with Crippen LogP contribution in [0.15, 0.2) is 50.4 Å². The molecule has 1 fully saturated rings. The van der Waals surface area contributed by atoms with Crippen LogP contribution >= 0.6 is 45.8 Å². The number of thioether (sulfide) groups is 1. The molecule has 0 spiro atoms. The molecule has 1 aliphatic heterocycles. The molecular weight excluding hydrogens is 455 g/mol. The smallest absolute Gasteiger partial charge is 0.263 e. The summed E-state index contributed by atoms with van der Waals surface area (Å²) in [5, 5.41) is 7.32. The van der Waals surface area contributed by atoms with Crippen LogP contribution < -0.4 is 5.56 Å². The molecule has 1 unspecified atom stereocenters. The topological polar surface area (TPSA) is 55.2 Å². The summed E-state index contributed by atoms with van der Waals surface area (Å²) in [5.41, 5.74) is 0.888. The van der Waals surface area contributed by atoms with Crippen molar-refractivity contribution in [2.24, 2.45) is 7.05 Å². The first-order valence-electron chi connectivity index (χ1n) is 9.61. The van der Waals surface area contributed by atoms with Gasteiger partial charge in [-0.2, -0.15) is 0 Å². The lowest BCUT2D eigenvalue weighted by Gasteiger charge is -2.23. The molecule has 0 aromatic carbocycles. The van der Waals surface area contributed by atoms with Crippen LogP contribution in [0, 0.1) is 0 Å². The Morgan fingerprint density at radius 1 is 1.23 bits per heavy atom. The Balaban J connectivity index is 1.38. The molecule has 5 nitrogen and oxygen atoms in total. The average molecular weight is 474 g/mol. The lowest BCUT2D eigenvalue weighted by Crippen LogP contribution is -2.32. The predicted octanol–water partition coefficient (Wildman–Crippen LogP) is 5.24. The minimum absolute atomic E-state index is 0.0581. The van der Waals surface area contributed by atoms with E-state index in [1.165, 1.54) is 28.0 Å². The van der Waals surface area contributed by atoms with E-state index in [-0.39, 0.29) is 23.3 Å². The summed E-state index contributed by atoms with van der Waals surface area (Å²) < 4.78 is 1.57. The van der Waals surface area contributed by atoms with E-state index in [2.05, 4.69) is 11.4 Å². The number of fused-ring (bicyclic) bond motifs is 1. The van der Waals surface area contributed by atoms with Gasteiger partial charge in [0, 0.05) is 34.3 Å². The van der Waals surface area contributed by atoms with Gasteiger partial charge in [-0.25, -0.2) is 4.98 Å². The third-order valence-corrected chi connectivity index (χ3v) is 9.09. The molecule has 4 aromatic heterocycles. The second-order valence-electron chi connectivity index (χ2n) is 7.11. The van der Waals surface area contributed by atoms with Crippen molar-refractivity contribution in [1.29, 1.82) is 0 Å². The van der Waals surface area contributed by atoms with Gasteiger partial charge in [0.1, 0.15) is 4.83 Å². The van der Waals surface area contributed by atoms with Crippen LogP contribution in [0.2, 0.25) is 0 Å². The number of likely N-dealkylation sites (tertiary alicyclic amines) is 1. The van der Waals surface area contributed by atoms with Crippen LogP contribution in [-0.2, 0) is 11.8 Å². The summed E-state index contributed by atoms with van der Waals surface area (Å²) in [4.78, 5) is 35.8. The number of carbonyl (C=O) groups is 1. The molecule has 5 rings (SSSR count). The van der Waals surface area contributed by atoms with Crippen molar-refractivity contribution in [3.05, 3.63) is 55.6 Å².